The number of benzene rings is 2. The molecule has 2 aromatic rings. The second kappa shape index (κ2) is 5.55. The summed E-state index contributed by atoms with van der Waals surface area (Å²) in [6.45, 7) is 0. The van der Waals surface area contributed by atoms with Crippen LogP contribution in [0.4, 0.5) is 5.69 Å². The summed E-state index contributed by atoms with van der Waals surface area (Å²) in [7, 11) is 1.59. The van der Waals surface area contributed by atoms with Crippen molar-refractivity contribution in [1.29, 1.82) is 0 Å². The summed E-state index contributed by atoms with van der Waals surface area (Å²) >= 11 is 1.35. The van der Waals surface area contributed by atoms with Crippen LogP contribution < -0.4 is 4.74 Å². The number of ether oxygens (including phenoxy) is 1. The quantitative estimate of drug-likeness (QED) is 0.621. The van der Waals surface area contributed by atoms with Crippen molar-refractivity contribution in [3.63, 3.8) is 0 Å². The van der Waals surface area contributed by atoms with Gasteiger partial charge in [-0.15, -0.1) is 0 Å². The molecular weight excluding hydrogens is 250 g/mol. The number of nitrogens with zero attached hydrogens (tertiary/aromatic N) is 1. The van der Waals surface area contributed by atoms with E-state index in [-0.39, 0.29) is 10.6 Å². The van der Waals surface area contributed by atoms with Crippen LogP contribution in [-0.4, -0.2) is 12.0 Å². The van der Waals surface area contributed by atoms with Gasteiger partial charge in [0.25, 0.3) is 5.69 Å². The second-order valence-corrected chi connectivity index (χ2v) is 4.62. The molecule has 0 N–H and O–H groups in total. The zero-order valence-electron chi connectivity index (χ0n) is 9.70. The van der Waals surface area contributed by atoms with E-state index in [2.05, 4.69) is 0 Å². The van der Waals surface area contributed by atoms with Gasteiger partial charge in [-0.1, -0.05) is 30.0 Å². The summed E-state index contributed by atoms with van der Waals surface area (Å²) in [5.41, 5.74) is 0.116. The Labute approximate surface area is 109 Å². The molecule has 0 aromatic heterocycles. The van der Waals surface area contributed by atoms with Crippen LogP contribution in [0.15, 0.2) is 58.3 Å². The molecule has 0 aliphatic carbocycles. The monoisotopic (exact) mass is 261 g/mol. The molecule has 0 fully saturated rings. The Bertz CT molecular complexity index is 572. The summed E-state index contributed by atoms with van der Waals surface area (Å²) in [5, 5.41) is 10.9. The Morgan fingerprint density at radius 1 is 1.17 bits per heavy atom. The number of para-hydroxylation sites is 1. The number of methoxy groups -OCH3 is 1. The minimum absolute atomic E-state index is 0.116. The van der Waals surface area contributed by atoms with Crippen molar-refractivity contribution in [3.8, 4) is 5.75 Å². The minimum Gasteiger partial charge on any atom is -0.497 e. The van der Waals surface area contributed by atoms with E-state index in [1.807, 2.05) is 24.3 Å². The molecule has 92 valence electrons. The normalized spacial score (nSPS) is 10.1. The number of nitro benzene ring substituents is 1. The van der Waals surface area contributed by atoms with Gasteiger partial charge in [0.1, 0.15) is 5.75 Å². The molecule has 5 heteroatoms. The van der Waals surface area contributed by atoms with Crippen LogP contribution >= 0.6 is 11.8 Å². The molecule has 0 aliphatic rings. The van der Waals surface area contributed by atoms with Gasteiger partial charge in [0.05, 0.1) is 16.9 Å². The van der Waals surface area contributed by atoms with Gasteiger partial charge in [0.15, 0.2) is 0 Å². The molecule has 18 heavy (non-hydrogen) atoms. The Kier molecular flexibility index (Phi) is 3.84. The number of hydrogen-bond donors (Lipinski definition) is 0. The fraction of sp³-hybridized carbons (Fsp3) is 0.0769. The van der Waals surface area contributed by atoms with Crippen molar-refractivity contribution in [2.45, 2.75) is 9.79 Å². The van der Waals surface area contributed by atoms with Gasteiger partial charge in [-0.3, -0.25) is 10.1 Å². The lowest BCUT2D eigenvalue weighted by Crippen LogP contribution is -1.90. The first-order chi connectivity index (χ1) is 8.70. The molecule has 0 amide bonds. The maximum Gasteiger partial charge on any atom is 0.283 e. The van der Waals surface area contributed by atoms with Crippen molar-refractivity contribution >= 4 is 17.4 Å². The lowest BCUT2D eigenvalue weighted by molar-refractivity contribution is -0.387. The molecule has 0 atom stereocenters. The molecule has 0 heterocycles. The van der Waals surface area contributed by atoms with Gasteiger partial charge < -0.3 is 4.74 Å². The van der Waals surface area contributed by atoms with Gasteiger partial charge in [-0.2, -0.15) is 0 Å². The summed E-state index contributed by atoms with van der Waals surface area (Å²) < 4.78 is 5.12. The maximum absolute atomic E-state index is 10.9. The highest BCUT2D eigenvalue weighted by Crippen LogP contribution is 2.35. The Morgan fingerprint density at radius 3 is 2.67 bits per heavy atom. The molecule has 0 bridgehead atoms. The summed E-state index contributed by atoms with van der Waals surface area (Å²) in [5.74, 6) is 0.735. The highest BCUT2D eigenvalue weighted by atomic mass is 32.2. The first-order valence-corrected chi connectivity index (χ1v) is 6.07. The zero-order valence-corrected chi connectivity index (χ0v) is 10.5. The van der Waals surface area contributed by atoms with Crippen LogP contribution in [0, 0.1) is 10.1 Å². The van der Waals surface area contributed by atoms with Crippen LogP contribution in [0.5, 0.6) is 5.75 Å². The average molecular weight is 261 g/mol. The molecule has 0 spiro atoms. The lowest BCUT2D eigenvalue weighted by atomic mass is 10.3. The standard InChI is InChI=1S/C13H11NO3S/c1-17-10-5-4-6-11(9-10)18-13-8-3-2-7-12(13)14(15)16/h2-9H,1H3. The predicted octanol–water partition coefficient (Wildman–Crippen LogP) is 3.75. The minimum atomic E-state index is -0.373. The third kappa shape index (κ3) is 2.81. The van der Waals surface area contributed by atoms with Gasteiger partial charge in [0.2, 0.25) is 0 Å². The van der Waals surface area contributed by atoms with Gasteiger partial charge >= 0.3 is 0 Å². The van der Waals surface area contributed by atoms with E-state index in [1.54, 1.807) is 25.3 Å². The SMILES string of the molecule is COc1cccc(Sc2ccccc2[N+](=O)[O-])c1. The molecule has 0 unspecified atom stereocenters. The van der Waals surface area contributed by atoms with Crippen molar-refractivity contribution in [2.24, 2.45) is 0 Å². The average Bonchev–Trinajstić information content (AvgIpc) is 2.39. The first-order valence-electron chi connectivity index (χ1n) is 5.26. The third-order valence-corrected chi connectivity index (χ3v) is 3.39. The lowest BCUT2D eigenvalue weighted by Gasteiger charge is -2.04. The zero-order chi connectivity index (χ0) is 13.0. The van der Waals surface area contributed by atoms with E-state index in [1.165, 1.54) is 17.8 Å². The largest absolute Gasteiger partial charge is 0.497 e. The van der Waals surface area contributed by atoms with E-state index < -0.39 is 0 Å². The van der Waals surface area contributed by atoms with Crippen molar-refractivity contribution in [1.82, 2.24) is 0 Å². The molecule has 0 radical (unpaired) electrons. The topological polar surface area (TPSA) is 52.4 Å². The van der Waals surface area contributed by atoms with E-state index in [9.17, 15) is 10.1 Å². The summed E-state index contributed by atoms with van der Waals surface area (Å²) in [6.07, 6.45) is 0. The molecule has 0 saturated carbocycles. The number of hydrogen-bond acceptors (Lipinski definition) is 4. The summed E-state index contributed by atoms with van der Waals surface area (Å²) in [6, 6.07) is 14.1. The van der Waals surface area contributed by atoms with E-state index in [4.69, 9.17) is 4.74 Å². The Hall–Kier alpha value is -2.01. The molecule has 2 rings (SSSR count). The molecule has 0 aliphatic heterocycles. The highest BCUT2D eigenvalue weighted by Gasteiger charge is 2.13. The molecule has 4 nitrogen and oxygen atoms in total. The van der Waals surface area contributed by atoms with E-state index in [0.717, 1.165) is 10.6 Å². The second-order valence-electron chi connectivity index (χ2n) is 3.51. The smallest absolute Gasteiger partial charge is 0.283 e. The van der Waals surface area contributed by atoms with Crippen LogP contribution in [0.3, 0.4) is 0 Å². The number of rotatable bonds is 4. The van der Waals surface area contributed by atoms with Crippen molar-refractivity contribution < 1.29 is 9.66 Å². The fourth-order valence-electron chi connectivity index (χ4n) is 1.49. The van der Waals surface area contributed by atoms with Crippen molar-refractivity contribution in [2.75, 3.05) is 7.11 Å². The Balaban J connectivity index is 2.31. The summed E-state index contributed by atoms with van der Waals surface area (Å²) in [4.78, 5) is 12.1. The van der Waals surface area contributed by atoms with Crippen molar-refractivity contribution in [3.05, 3.63) is 58.6 Å². The van der Waals surface area contributed by atoms with Crippen LogP contribution in [0.2, 0.25) is 0 Å². The van der Waals surface area contributed by atoms with E-state index >= 15 is 0 Å². The molecular formula is C13H11NO3S. The molecule has 0 saturated heterocycles. The highest BCUT2D eigenvalue weighted by molar-refractivity contribution is 7.99. The maximum atomic E-state index is 10.9. The van der Waals surface area contributed by atoms with E-state index in [0.29, 0.717) is 4.90 Å². The van der Waals surface area contributed by atoms with Crippen LogP contribution in [-0.2, 0) is 0 Å². The fourth-order valence-corrected chi connectivity index (χ4v) is 2.46. The first kappa shape index (κ1) is 12.4. The van der Waals surface area contributed by atoms with Crippen LogP contribution in [0.25, 0.3) is 0 Å². The van der Waals surface area contributed by atoms with Crippen LogP contribution in [0.1, 0.15) is 0 Å². The predicted molar refractivity (Wildman–Crippen MR) is 70.2 cm³/mol. The third-order valence-electron chi connectivity index (χ3n) is 2.33. The number of nitro groups is 1. The van der Waals surface area contributed by atoms with Gasteiger partial charge in [0, 0.05) is 11.0 Å². The Morgan fingerprint density at radius 2 is 1.94 bits per heavy atom. The van der Waals surface area contributed by atoms with Gasteiger partial charge in [-0.05, 0) is 24.3 Å². The molecule has 2 aromatic carbocycles. The van der Waals surface area contributed by atoms with Gasteiger partial charge in [-0.25, -0.2) is 0 Å².